The second kappa shape index (κ2) is 6.01. The predicted octanol–water partition coefficient (Wildman–Crippen LogP) is 2.33. The number of carbonyl (C=O) groups is 2. The highest BCUT2D eigenvalue weighted by molar-refractivity contribution is 6.30. The summed E-state index contributed by atoms with van der Waals surface area (Å²) in [6, 6.07) is 8.07. The molecule has 1 amide bonds. The van der Waals surface area contributed by atoms with E-state index in [1.54, 1.807) is 28.8 Å². The number of aromatic nitrogens is 1. The van der Waals surface area contributed by atoms with Crippen molar-refractivity contribution < 1.29 is 9.59 Å². The van der Waals surface area contributed by atoms with Gasteiger partial charge >= 0.3 is 0 Å². The Balaban J connectivity index is 2.49. The normalized spacial score (nSPS) is 10.4. The van der Waals surface area contributed by atoms with Gasteiger partial charge in [-0.05, 0) is 37.3 Å². The van der Waals surface area contributed by atoms with Crippen LogP contribution in [0.2, 0.25) is 5.02 Å². The van der Waals surface area contributed by atoms with Crippen LogP contribution in [0, 0.1) is 0 Å². The maximum absolute atomic E-state index is 12.5. The molecule has 0 unspecified atom stereocenters. The number of amides is 1. The Morgan fingerprint density at radius 3 is 2.43 bits per heavy atom. The van der Waals surface area contributed by atoms with Crippen molar-refractivity contribution in [1.82, 2.24) is 9.88 Å². The Kier molecular flexibility index (Phi) is 4.33. The molecule has 21 heavy (non-hydrogen) atoms. The van der Waals surface area contributed by atoms with Crippen LogP contribution in [0.3, 0.4) is 0 Å². The molecule has 0 spiro atoms. The minimum Gasteiger partial charge on any atom is -0.384 e. The van der Waals surface area contributed by atoms with Crippen molar-refractivity contribution in [2.24, 2.45) is 0 Å². The van der Waals surface area contributed by atoms with E-state index in [9.17, 15) is 9.59 Å². The van der Waals surface area contributed by atoms with Gasteiger partial charge in [-0.3, -0.25) is 9.59 Å². The molecule has 6 heteroatoms. The Morgan fingerprint density at radius 2 is 1.90 bits per heavy atom. The minimum atomic E-state index is -0.279. The topological polar surface area (TPSA) is 77.1 Å². The van der Waals surface area contributed by atoms with E-state index in [1.807, 2.05) is 6.92 Å². The Labute approximate surface area is 127 Å². The molecule has 1 aromatic carbocycles. The van der Waals surface area contributed by atoms with Crippen LogP contribution in [0.4, 0.5) is 5.82 Å². The standard InChI is InChI=1S/C15H16ClN3O2/c1-3-19-12(15(21)18-2)8-11(14(19)17)13(20)9-4-6-10(16)7-5-9/h4-8H,3,17H2,1-2H3,(H,18,21). The summed E-state index contributed by atoms with van der Waals surface area (Å²) in [5.41, 5.74) is 7.17. The average Bonchev–Trinajstić information content (AvgIpc) is 2.83. The fourth-order valence-corrected chi connectivity index (χ4v) is 2.29. The molecule has 0 atom stereocenters. The summed E-state index contributed by atoms with van der Waals surface area (Å²) in [7, 11) is 1.53. The van der Waals surface area contributed by atoms with Gasteiger partial charge in [0.05, 0.1) is 5.56 Å². The molecule has 0 fully saturated rings. The molecular weight excluding hydrogens is 290 g/mol. The number of ketones is 1. The second-order valence-electron chi connectivity index (χ2n) is 4.49. The van der Waals surface area contributed by atoms with Gasteiger partial charge in [0.1, 0.15) is 11.5 Å². The summed E-state index contributed by atoms with van der Waals surface area (Å²) in [4.78, 5) is 24.3. The van der Waals surface area contributed by atoms with Crippen molar-refractivity contribution in [3.63, 3.8) is 0 Å². The van der Waals surface area contributed by atoms with Gasteiger partial charge in [-0.25, -0.2) is 0 Å². The first-order chi connectivity index (χ1) is 9.99. The summed E-state index contributed by atoms with van der Waals surface area (Å²) in [5, 5.41) is 3.09. The average molecular weight is 306 g/mol. The van der Waals surface area contributed by atoms with Gasteiger partial charge in [0, 0.05) is 24.2 Å². The van der Waals surface area contributed by atoms with Crippen molar-refractivity contribution in [1.29, 1.82) is 0 Å². The van der Waals surface area contributed by atoms with Crippen LogP contribution < -0.4 is 11.1 Å². The van der Waals surface area contributed by atoms with Gasteiger partial charge in [-0.1, -0.05) is 11.6 Å². The van der Waals surface area contributed by atoms with Crippen LogP contribution in [0.25, 0.3) is 0 Å². The van der Waals surface area contributed by atoms with E-state index in [4.69, 9.17) is 17.3 Å². The first kappa shape index (κ1) is 15.1. The van der Waals surface area contributed by atoms with Crippen molar-refractivity contribution in [2.45, 2.75) is 13.5 Å². The molecule has 0 saturated carbocycles. The molecule has 0 aliphatic heterocycles. The third-order valence-corrected chi connectivity index (χ3v) is 3.52. The van der Waals surface area contributed by atoms with Crippen LogP contribution in [0.5, 0.6) is 0 Å². The van der Waals surface area contributed by atoms with Crippen LogP contribution in [-0.2, 0) is 6.54 Å². The van der Waals surface area contributed by atoms with Gasteiger partial charge in [-0.2, -0.15) is 0 Å². The van der Waals surface area contributed by atoms with Gasteiger partial charge in [0.2, 0.25) is 0 Å². The monoisotopic (exact) mass is 305 g/mol. The largest absolute Gasteiger partial charge is 0.384 e. The van der Waals surface area contributed by atoms with Crippen molar-refractivity contribution in [3.05, 3.63) is 52.2 Å². The van der Waals surface area contributed by atoms with E-state index in [2.05, 4.69) is 5.32 Å². The quantitative estimate of drug-likeness (QED) is 0.851. The maximum Gasteiger partial charge on any atom is 0.267 e. The zero-order valence-corrected chi connectivity index (χ0v) is 12.6. The predicted molar refractivity (Wildman–Crippen MR) is 82.8 cm³/mol. The first-order valence-electron chi connectivity index (χ1n) is 6.51. The van der Waals surface area contributed by atoms with E-state index in [-0.39, 0.29) is 17.5 Å². The zero-order chi connectivity index (χ0) is 15.6. The number of nitrogen functional groups attached to an aromatic ring is 1. The Bertz CT molecular complexity index is 690. The molecule has 0 aliphatic carbocycles. The van der Waals surface area contributed by atoms with E-state index in [1.165, 1.54) is 13.1 Å². The molecule has 1 heterocycles. The van der Waals surface area contributed by atoms with Gasteiger partial charge in [0.25, 0.3) is 5.91 Å². The van der Waals surface area contributed by atoms with Crippen LogP contribution in [-0.4, -0.2) is 23.3 Å². The molecule has 0 aliphatic rings. The highest BCUT2D eigenvalue weighted by Crippen LogP contribution is 2.23. The fraction of sp³-hybridized carbons (Fsp3) is 0.200. The lowest BCUT2D eigenvalue weighted by Gasteiger charge is -2.07. The molecule has 5 nitrogen and oxygen atoms in total. The summed E-state index contributed by atoms with van der Waals surface area (Å²) >= 11 is 5.81. The Hall–Kier alpha value is -2.27. The molecular formula is C15H16ClN3O2. The van der Waals surface area contributed by atoms with E-state index in [0.717, 1.165) is 0 Å². The molecule has 0 bridgehead atoms. The maximum atomic E-state index is 12.5. The number of carbonyl (C=O) groups excluding carboxylic acids is 2. The number of rotatable bonds is 4. The second-order valence-corrected chi connectivity index (χ2v) is 4.92. The number of halogens is 1. The first-order valence-corrected chi connectivity index (χ1v) is 6.88. The number of anilines is 1. The Morgan fingerprint density at radius 1 is 1.29 bits per heavy atom. The number of nitrogens with two attached hydrogens (primary N) is 1. The van der Waals surface area contributed by atoms with Crippen molar-refractivity contribution >= 4 is 29.1 Å². The lowest BCUT2D eigenvalue weighted by atomic mass is 10.1. The smallest absolute Gasteiger partial charge is 0.267 e. The number of nitrogens with one attached hydrogen (secondary N) is 1. The highest BCUT2D eigenvalue weighted by Gasteiger charge is 2.21. The molecule has 3 N–H and O–H groups in total. The van der Waals surface area contributed by atoms with Crippen LogP contribution >= 0.6 is 11.6 Å². The third-order valence-electron chi connectivity index (χ3n) is 3.27. The summed E-state index contributed by atoms with van der Waals surface area (Å²) in [5.74, 6) is -0.226. The third kappa shape index (κ3) is 2.78. The summed E-state index contributed by atoms with van der Waals surface area (Å²) in [6.45, 7) is 2.36. The van der Waals surface area contributed by atoms with Crippen molar-refractivity contribution in [3.8, 4) is 0 Å². The zero-order valence-electron chi connectivity index (χ0n) is 11.8. The lowest BCUT2D eigenvalue weighted by Crippen LogP contribution is -2.21. The van der Waals surface area contributed by atoms with Crippen molar-refractivity contribution in [2.75, 3.05) is 12.8 Å². The number of benzene rings is 1. The molecule has 2 rings (SSSR count). The fourth-order valence-electron chi connectivity index (χ4n) is 2.16. The van der Waals surface area contributed by atoms with Gasteiger partial charge in [0.15, 0.2) is 5.78 Å². The van der Waals surface area contributed by atoms with Gasteiger partial charge < -0.3 is 15.6 Å². The molecule has 0 radical (unpaired) electrons. The number of nitrogens with zero attached hydrogens (tertiary/aromatic N) is 1. The summed E-state index contributed by atoms with van der Waals surface area (Å²) < 4.78 is 1.61. The van der Waals surface area contributed by atoms with Crippen LogP contribution in [0.15, 0.2) is 30.3 Å². The number of hydrogen-bond donors (Lipinski definition) is 2. The van der Waals surface area contributed by atoms with Gasteiger partial charge in [-0.15, -0.1) is 0 Å². The summed E-state index contributed by atoms with van der Waals surface area (Å²) in [6.07, 6.45) is 0. The molecule has 1 aromatic heterocycles. The molecule has 2 aromatic rings. The number of hydrogen-bond acceptors (Lipinski definition) is 3. The highest BCUT2D eigenvalue weighted by atomic mass is 35.5. The molecule has 110 valence electrons. The SMILES string of the molecule is CCn1c(C(=O)NC)cc(C(=O)c2ccc(Cl)cc2)c1N. The minimum absolute atomic E-state index is 0.235. The molecule has 0 saturated heterocycles. The van der Waals surface area contributed by atoms with E-state index in [0.29, 0.717) is 28.4 Å². The van der Waals surface area contributed by atoms with Crippen LogP contribution in [0.1, 0.15) is 33.3 Å². The van der Waals surface area contributed by atoms with E-state index < -0.39 is 0 Å². The van der Waals surface area contributed by atoms with E-state index >= 15 is 0 Å². The lowest BCUT2D eigenvalue weighted by molar-refractivity contribution is 0.0954.